The van der Waals surface area contributed by atoms with Gasteiger partial charge in [0.1, 0.15) is 10.7 Å². The van der Waals surface area contributed by atoms with Crippen LogP contribution in [-0.4, -0.2) is 4.98 Å². The van der Waals surface area contributed by atoms with E-state index < -0.39 is 0 Å². The number of rotatable bonds is 2. The molecule has 0 aliphatic carbocycles. The average molecular weight is 218 g/mol. The average Bonchev–Trinajstić information content (AvgIpc) is 2.65. The van der Waals surface area contributed by atoms with Gasteiger partial charge in [-0.1, -0.05) is 38.1 Å². The van der Waals surface area contributed by atoms with Crippen molar-refractivity contribution in [3.8, 4) is 11.3 Å². The van der Waals surface area contributed by atoms with Gasteiger partial charge in [-0.3, -0.25) is 0 Å². The zero-order valence-electron chi connectivity index (χ0n) is 8.90. The summed E-state index contributed by atoms with van der Waals surface area (Å²) in [5.41, 5.74) is 10.9. The summed E-state index contributed by atoms with van der Waals surface area (Å²) >= 11 is 1.48. The number of aromatic nitrogens is 1. The molecule has 0 aliphatic rings. The van der Waals surface area contributed by atoms with Crippen LogP contribution in [0.1, 0.15) is 25.3 Å². The lowest BCUT2D eigenvalue weighted by molar-refractivity contribution is 0.867. The molecule has 0 unspecified atom stereocenters. The van der Waals surface area contributed by atoms with Crippen LogP contribution in [0.2, 0.25) is 0 Å². The molecule has 15 heavy (non-hydrogen) atoms. The Balaban J connectivity index is 2.36. The second-order valence-electron chi connectivity index (χ2n) is 3.84. The molecule has 0 aliphatic heterocycles. The molecule has 0 spiro atoms. The first-order valence-electron chi connectivity index (χ1n) is 4.98. The summed E-state index contributed by atoms with van der Waals surface area (Å²) in [6, 6.07) is 8.44. The van der Waals surface area contributed by atoms with Crippen molar-refractivity contribution in [1.82, 2.24) is 4.98 Å². The van der Waals surface area contributed by atoms with E-state index >= 15 is 0 Å². The van der Waals surface area contributed by atoms with Crippen molar-refractivity contribution in [1.29, 1.82) is 0 Å². The molecule has 0 saturated carbocycles. The number of thiazole rings is 1. The van der Waals surface area contributed by atoms with Crippen LogP contribution in [0.15, 0.2) is 29.8 Å². The highest BCUT2D eigenvalue weighted by atomic mass is 32.1. The number of nitrogens with two attached hydrogens (primary N) is 1. The lowest BCUT2D eigenvalue weighted by Crippen LogP contribution is -1.89. The van der Waals surface area contributed by atoms with E-state index in [1.807, 2.05) is 0 Å². The standard InChI is InChI=1S/C12H14N2S/c1-8(2)9-3-5-10(6-4-9)11-12(13)15-7-14-11/h3-8H,13H2,1-2H3. The van der Waals surface area contributed by atoms with Crippen molar-refractivity contribution in [2.45, 2.75) is 19.8 Å². The fraction of sp³-hybridized carbons (Fsp3) is 0.250. The van der Waals surface area contributed by atoms with Crippen molar-refractivity contribution in [2.24, 2.45) is 0 Å². The van der Waals surface area contributed by atoms with Gasteiger partial charge in [0.15, 0.2) is 0 Å². The third-order valence-electron chi connectivity index (χ3n) is 2.45. The maximum Gasteiger partial charge on any atom is 0.114 e. The second-order valence-corrected chi connectivity index (χ2v) is 4.73. The maximum atomic E-state index is 5.83. The Kier molecular flexibility index (Phi) is 2.73. The van der Waals surface area contributed by atoms with E-state index in [4.69, 9.17) is 5.73 Å². The molecule has 1 aromatic carbocycles. The summed E-state index contributed by atoms with van der Waals surface area (Å²) < 4.78 is 0. The number of nitrogens with zero attached hydrogens (tertiary/aromatic N) is 1. The molecule has 2 aromatic rings. The SMILES string of the molecule is CC(C)c1ccc(-c2ncsc2N)cc1. The van der Waals surface area contributed by atoms with Crippen molar-refractivity contribution in [2.75, 3.05) is 5.73 Å². The van der Waals surface area contributed by atoms with Crippen molar-refractivity contribution >= 4 is 16.3 Å². The molecule has 2 rings (SSSR count). The fourth-order valence-electron chi connectivity index (χ4n) is 1.50. The first kappa shape index (κ1) is 10.2. The molecular weight excluding hydrogens is 204 g/mol. The van der Waals surface area contributed by atoms with E-state index in [1.165, 1.54) is 16.9 Å². The molecule has 3 heteroatoms. The largest absolute Gasteiger partial charge is 0.389 e. The Morgan fingerprint density at radius 3 is 2.33 bits per heavy atom. The molecule has 78 valence electrons. The molecule has 0 atom stereocenters. The normalized spacial score (nSPS) is 10.9. The van der Waals surface area contributed by atoms with Gasteiger partial charge in [-0.25, -0.2) is 4.98 Å². The molecule has 2 N–H and O–H groups in total. The molecular formula is C12H14N2S. The summed E-state index contributed by atoms with van der Waals surface area (Å²) in [6.45, 7) is 4.37. The monoisotopic (exact) mass is 218 g/mol. The summed E-state index contributed by atoms with van der Waals surface area (Å²) in [7, 11) is 0. The molecule has 1 aromatic heterocycles. The Morgan fingerprint density at radius 2 is 1.87 bits per heavy atom. The van der Waals surface area contributed by atoms with Crippen LogP contribution in [0.3, 0.4) is 0 Å². The highest BCUT2D eigenvalue weighted by molar-refractivity contribution is 7.14. The van der Waals surface area contributed by atoms with Gasteiger partial charge in [-0.2, -0.15) is 0 Å². The van der Waals surface area contributed by atoms with E-state index in [-0.39, 0.29) is 0 Å². The quantitative estimate of drug-likeness (QED) is 0.837. The first-order chi connectivity index (χ1) is 7.18. The van der Waals surface area contributed by atoms with Gasteiger partial charge in [-0.15, -0.1) is 11.3 Å². The molecule has 0 radical (unpaired) electrons. The predicted octanol–water partition coefficient (Wildman–Crippen LogP) is 3.52. The second kappa shape index (κ2) is 4.03. The molecule has 0 amide bonds. The van der Waals surface area contributed by atoms with E-state index in [2.05, 4.69) is 43.1 Å². The van der Waals surface area contributed by atoms with Crippen LogP contribution in [0.25, 0.3) is 11.3 Å². The van der Waals surface area contributed by atoms with Crippen molar-refractivity contribution in [3.05, 3.63) is 35.3 Å². The third-order valence-corrected chi connectivity index (χ3v) is 3.10. The van der Waals surface area contributed by atoms with Gasteiger partial charge in [0, 0.05) is 5.56 Å². The lowest BCUT2D eigenvalue weighted by atomic mass is 10.0. The van der Waals surface area contributed by atoms with Crippen LogP contribution in [0.4, 0.5) is 5.00 Å². The maximum absolute atomic E-state index is 5.83. The van der Waals surface area contributed by atoms with E-state index in [9.17, 15) is 0 Å². The van der Waals surface area contributed by atoms with E-state index in [0.29, 0.717) is 5.92 Å². The Morgan fingerprint density at radius 1 is 1.20 bits per heavy atom. The molecule has 0 saturated heterocycles. The van der Waals surface area contributed by atoms with Gasteiger partial charge in [0.2, 0.25) is 0 Å². The zero-order chi connectivity index (χ0) is 10.8. The minimum absolute atomic E-state index is 0.562. The van der Waals surface area contributed by atoms with Crippen LogP contribution in [-0.2, 0) is 0 Å². The summed E-state index contributed by atoms with van der Waals surface area (Å²) in [5.74, 6) is 0.562. The Hall–Kier alpha value is -1.35. The Labute approximate surface area is 93.8 Å². The Bertz CT molecular complexity index is 443. The molecule has 0 fully saturated rings. The first-order valence-corrected chi connectivity index (χ1v) is 5.85. The molecule has 2 nitrogen and oxygen atoms in total. The summed E-state index contributed by atoms with van der Waals surface area (Å²) in [4.78, 5) is 4.25. The number of nitrogen functional groups attached to an aromatic ring is 1. The van der Waals surface area contributed by atoms with Gasteiger partial charge in [0.05, 0.1) is 5.51 Å². The predicted molar refractivity (Wildman–Crippen MR) is 66.1 cm³/mol. The van der Waals surface area contributed by atoms with Gasteiger partial charge < -0.3 is 5.73 Å². The lowest BCUT2D eigenvalue weighted by Gasteiger charge is -2.05. The van der Waals surface area contributed by atoms with Crippen LogP contribution in [0.5, 0.6) is 0 Å². The highest BCUT2D eigenvalue weighted by Gasteiger charge is 2.06. The van der Waals surface area contributed by atoms with Crippen LogP contribution < -0.4 is 5.73 Å². The number of benzene rings is 1. The minimum atomic E-state index is 0.562. The number of hydrogen-bond donors (Lipinski definition) is 1. The summed E-state index contributed by atoms with van der Waals surface area (Å²) in [6.07, 6.45) is 0. The van der Waals surface area contributed by atoms with Gasteiger partial charge >= 0.3 is 0 Å². The van der Waals surface area contributed by atoms with Crippen LogP contribution in [0, 0.1) is 0 Å². The smallest absolute Gasteiger partial charge is 0.114 e. The van der Waals surface area contributed by atoms with Gasteiger partial charge in [0.25, 0.3) is 0 Å². The zero-order valence-corrected chi connectivity index (χ0v) is 9.71. The topological polar surface area (TPSA) is 38.9 Å². The minimum Gasteiger partial charge on any atom is -0.389 e. The fourth-order valence-corrected chi connectivity index (χ4v) is 2.05. The van der Waals surface area contributed by atoms with Gasteiger partial charge in [-0.05, 0) is 11.5 Å². The third kappa shape index (κ3) is 2.02. The highest BCUT2D eigenvalue weighted by Crippen LogP contribution is 2.28. The summed E-state index contributed by atoms with van der Waals surface area (Å²) in [5, 5.41) is 0.785. The van der Waals surface area contributed by atoms with Crippen LogP contribution >= 0.6 is 11.3 Å². The van der Waals surface area contributed by atoms with Crippen molar-refractivity contribution in [3.63, 3.8) is 0 Å². The van der Waals surface area contributed by atoms with E-state index in [1.54, 1.807) is 5.51 Å². The van der Waals surface area contributed by atoms with E-state index in [0.717, 1.165) is 16.3 Å². The molecule has 1 heterocycles. The number of anilines is 1. The van der Waals surface area contributed by atoms with Crippen molar-refractivity contribution < 1.29 is 0 Å². The molecule has 0 bridgehead atoms. The number of hydrogen-bond acceptors (Lipinski definition) is 3.